The highest BCUT2D eigenvalue weighted by atomic mass is 16.6. The quantitative estimate of drug-likeness (QED) is 0.450. The Morgan fingerprint density at radius 2 is 2.29 bits per heavy atom. The van der Waals surface area contributed by atoms with E-state index in [2.05, 4.69) is 5.32 Å². The predicted octanol–water partition coefficient (Wildman–Crippen LogP) is 2.01. The Bertz CT molecular complexity index is 396. The number of hydrogen-bond acceptors (Lipinski definition) is 5. The lowest BCUT2D eigenvalue weighted by Crippen LogP contribution is -2.19. The number of nitrogens with one attached hydrogen (secondary N) is 1. The molecule has 1 aromatic carbocycles. The van der Waals surface area contributed by atoms with E-state index in [1.165, 1.54) is 6.07 Å². The number of hydrogen-bond donors (Lipinski definition) is 2. The molecule has 0 spiro atoms. The van der Waals surface area contributed by atoms with Crippen LogP contribution in [-0.4, -0.2) is 24.2 Å². The van der Waals surface area contributed by atoms with Crippen molar-refractivity contribution < 1.29 is 9.66 Å². The van der Waals surface area contributed by atoms with Crippen LogP contribution in [0.15, 0.2) is 18.2 Å². The van der Waals surface area contributed by atoms with Crippen LogP contribution in [0.4, 0.5) is 17.1 Å². The summed E-state index contributed by atoms with van der Waals surface area (Å²) in [7, 11) is 0. The summed E-state index contributed by atoms with van der Waals surface area (Å²) in [4.78, 5) is 10.1. The Balaban J connectivity index is 2.62. The Morgan fingerprint density at radius 1 is 1.59 bits per heavy atom. The number of ether oxygens (including phenoxy) is 1. The third-order valence-electron chi connectivity index (χ3n) is 2.27. The average molecular weight is 239 g/mol. The van der Waals surface area contributed by atoms with Crippen molar-refractivity contribution in [3.05, 3.63) is 28.3 Å². The first-order valence-corrected chi connectivity index (χ1v) is 5.44. The van der Waals surface area contributed by atoms with Gasteiger partial charge in [0, 0.05) is 24.9 Å². The van der Waals surface area contributed by atoms with Crippen molar-refractivity contribution in [3.8, 4) is 0 Å². The third kappa shape index (κ3) is 3.92. The molecule has 6 heteroatoms. The summed E-state index contributed by atoms with van der Waals surface area (Å²) in [6, 6.07) is 4.58. The fraction of sp³-hybridized carbons (Fsp3) is 0.455. The molecule has 0 heterocycles. The van der Waals surface area contributed by atoms with Gasteiger partial charge in [0.15, 0.2) is 0 Å². The average Bonchev–Trinajstić information content (AvgIpc) is 2.26. The van der Waals surface area contributed by atoms with Crippen molar-refractivity contribution in [2.24, 2.45) is 0 Å². The van der Waals surface area contributed by atoms with E-state index >= 15 is 0 Å². The normalized spacial score (nSPS) is 12.1. The Hall–Kier alpha value is -1.82. The van der Waals surface area contributed by atoms with Crippen molar-refractivity contribution in [3.63, 3.8) is 0 Å². The Morgan fingerprint density at radius 3 is 2.82 bits per heavy atom. The molecule has 0 saturated heterocycles. The van der Waals surface area contributed by atoms with Gasteiger partial charge in [-0.3, -0.25) is 10.1 Å². The molecule has 1 unspecified atom stereocenters. The van der Waals surface area contributed by atoms with Gasteiger partial charge in [0.25, 0.3) is 5.69 Å². The molecule has 0 aliphatic rings. The molecule has 17 heavy (non-hydrogen) atoms. The van der Waals surface area contributed by atoms with Crippen molar-refractivity contribution in [1.29, 1.82) is 0 Å². The van der Waals surface area contributed by atoms with Gasteiger partial charge in [-0.05, 0) is 26.0 Å². The van der Waals surface area contributed by atoms with Crippen LogP contribution in [0, 0.1) is 10.1 Å². The van der Waals surface area contributed by atoms with Crippen LogP contribution in [0.2, 0.25) is 0 Å². The second-order valence-corrected chi connectivity index (χ2v) is 3.68. The van der Waals surface area contributed by atoms with Crippen LogP contribution in [0.25, 0.3) is 0 Å². The maximum atomic E-state index is 10.6. The second-order valence-electron chi connectivity index (χ2n) is 3.68. The van der Waals surface area contributed by atoms with Gasteiger partial charge in [0.05, 0.1) is 11.0 Å². The number of nitro groups is 1. The molecule has 0 aliphatic carbocycles. The monoisotopic (exact) mass is 239 g/mol. The SMILES string of the molecule is CCOC(C)CNc1ccc([N+](=O)[O-])c(N)c1. The zero-order valence-corrected chi connectivity index (χ0v) is 9.97. The number of nitrogens with zero attached hydrogens (tertiary/aromatic N) is 1. The van der Waals surface area contributed by atoms with Crippen molar-refractivity contribution >= 4 is 17.1 Å². The summed E-state index contributed by atoms with van der Waals surface area (Å²) in [5.74, 6) is 0. The van der Waals surface area contributed by atoms with Crippen LogP contribution in [0.1, 0.15) is 13.8 Å². The minimum atomic E-state index is -0.498. The molecule has 6 nitrogen and oxygen atoms in total. The van der Waals surface area contributed by atoms with E-state index in [0.29, 0.717) is 13.2 Å². The highest BCUT2D eigenvalue weighted by Gasteiger charge is 2.11. The van der Waals surface area contributed by atoms with Crippen LogP contribution in [0.5, 0.6) is 0 Å². The molecular weight excluding hydrogens is 222 g/mol. The van der Waals surface area contributed by atoms with E-state index in [4.69, 9.17) is 10.5 Å². The van der Waals surface area contributed by atoms with Gasteiger partial charge in [0.2, 0.25) is 0 Å². The van der Waals surface area contributed by atoms with Gasteiger partial charge in [-0.2, -0.15) is 0 Å². The summed E-state index contributed by atoms with van der Waals surface area (Å²) < 4.78 is 5.35. The predicted molar refractivity (Wildman–Crippen MR) is 67.1 cm³/mol. The van der Waals surface area contributed by atoms with Gasteiger partial charge in [0.1, 0.15) is 5.69 Å². The maximum absolute atomic E-state index is 10.6. The fourth-order valence-electron chi connectivity index (χ4n) is 1.44. The van der Waals surface area contributed by atoms with E-state index in [0.717, 1.165) is 5.69 Å². The Labute approximate surface area is 99.9 Å². The van der Waals surface area contributed by atoms with Crippen molar-refractivity contribution in [2.45, 2.75) is 20.0 Å². The number of anilines is 2. The van der Waals surface area contributed by atoms with Gasteiger partial charge in [-0.1, -0.05) is 0 Å². The fourth-order valence-corrected chi connectivity index (χ4v) is 1.44. The van der Waals surface area contributed by atoms with E-state index in [-0.39, 0.29) is 17.5 Å². The zero-order chi connectivity index (χ0) is 12.8. The van der Waals surface area contributed by atoms with Crippen LogP contribution in [-0.2, 0) is 4.74 Å². The number of benzene rings is 1. The molecule has 0 fully saturated rings. The first kappa shape index (κ1) is 13.2. The molecule has 0 aromatic heterocycles. The van der Waals surface area contributed by atoms with Gasteiger partial charge in [-0.25, -0.2) is 0 Å². The van der Waals surface area contributed by atoms with Crippen molar-refractivity contribution in [2.75, 3.05) is 24.2 Å². The molecule has 1 aromatic rings. The minimum absolute atomic E-state index is 0.0755. The number of nitro benzene ring substituents is 1. The minimum Gasteiger partial charge on any atom is -0.393 e. The topological polar surface area (TPSA) is 90.4 Å². The third-order valence-corrected chi connectivity index (χ3v) is 2.27. The smallest absolute Gasteiger partial charge is 0.292 e. The van der Waals surface area contributed by atoms with Gasteiger partial charge >= 0.3 is 0 Å². The largest absolute Gasteiger partial charge is 0.393 e. The molecule has 0 bridgehead atoms. The number of nitrogens with two attached hydrogens (primary N) is 1. The summed E-state index contributed by atoms with van der Waals surface area (Å²) in [5.41, 5.74) is 6.41. The molecular formula is C11H17N3O3. The van der Waals surface area contributed by atoms with Crippen LogP contribution < -0.4 is 11.1 Å². The molecule has 0 aliphatic heterocycles. The first-order valence-electron chi connectivity index (χ1n) is 5.44. The molecule has 3 N–H and O–H groups in total. The first-order chi connectivity index (χ1) is 8.04. The highest BCUT2D eigenvalue weighted by molar-refractivity contribution is 5.65. The van der Waals surface area contributed by atoms with Gasteiger partial charge in [-0.15, -0.1) is 0 Å². The molecule has 94 valence electrons. The summed E-state index contributed by atoms with van der Waals surface area (Å²) in [5, 5.41) is 13.7. The molecule has 1 atom stereocenters. The number of nitrogen functional groups attached to an aromatic ring is 1. The van der Waals surface area contributed by atoms with Crippen molar-refractivity contribution in [1.82, 2.24) is 0 Å². The lowest BCUT2D eigenvalue weighted by Gasteiger charge is -2.13. The van der Waals surface area contributed by atoms with Gasteiger partial charge < -0.3 is 15.8 Å². The maximum Gasteiger partial charge on any atom is 0.292 e. The molecule has 1 rings (SSSR count). The molecule has 0 saturated carbocycles. The summed E-state index contributed by atoms with van der Waals surface area (Å²) in [6.45, 7) is 5.17. The second kappa shape index (κ2) is 6.05. The van der Waals surface area contributed by atoms with E-state index < -0.39 is 4.92 Å². The Kier molecular flexibility index (Phi) is 4.71. The number of rotatable bonds is 6. The van der Waals surface area contributed by atoms with E-state index in [1.807, 2.05) is 13.8 Å². The zero-order valence-electron chi connectivity index (χ0n) is 9.97. The molecule has 0 radical (unpaired) electrons. The van der Waals surface area contributed by atoms with E-state index in [9.17, 15) is 10.1 Å². The molecule has 0 amide bonds. The van der Waals surface area contributed by atoms with Crippen LogP contribution >= 0.6 is 0 Å². The lowest BCUT2D eigenvalue weighted by molar-refractivity contribution is -0.383. The highest BCUT2D eigenvalue weighted by Crippen LogP contribution is 2.24. The van der Waals surface area contributed by atoms with Crippen LogP contribution in [0.3, 0.4) is 0 Å². The van der Waals surface area contributed by atoms with E-state index in [1.54, 1.807) is 12.1 Å². The standard InChI is InChI=1S/C11H17N3O3/c1-3-17-8(2)7-13-9-4-5-11(14(15)16)10(12)6-9/h4-6,8,13H,3,7,12H2,1-2H3. The lowest BCUT2D eigenvalue weighted by atomic mass is 10.2. The summed E-state index contributed by atoms with van der Waals surface area (Å²) >= 11 is 0. The summed E-state index contributed by atoms with van der Waals surface area (Å²) in [6.07, 6.45) is 0.0800.